The average Bonchev–Trinajstić information content (AvgIpc) is 1.70. The van der Waals surface area contributed by atoms with Crippen LogP contribution < -0.4 is 47.4 Å². The molecule has 0 radical (unpaired) electrons. The summed E-state index contributed by atoms with van der Waals surface area (Å²) < 4.78 is 64.9. The summed E-state index contributed by atoms with van der Waals surface area (Å²) in [6.07, 6.45) is 19.7. The number of aliphatic imine (C=N–C) groups is 4. The van der Waals surface area contributed by atoms with Gasteiger partial charge in [0, 0.05) is 75.3 Å². The van der Waals surface area contributed by atoms with Crippen LogP contribution in [0.1, 0.15) is 116 Å². The summed E-state index contributed by atoms with van der Waals surface area (Å²) in [4.78, 5) is 106. The van der Waals surface area contributed by atoms with E-state index in [0.717, 1.165) is 36.8 Å². The van der Waals surface area contributed by atoms with Gasteiger partial charge in [-0.2, -0.15) is 0 Å². The van der Waals surface area contributed by atoms with Gasteiger partial charge in [0.15, 0.2) is 59.2 Å². The number of benzene rings is 6. The quantitative estimate of drug-likeness (QED) is 0.0316. The van der Waals surface area contributed by atoms with E-state index in [0.29, 0.717) is 158 Å². The van der Waals surface area contributed by atoms with Crippen molar-refractivity contribution in [1.82, 2.24) is 19.6 Å². The summed E-state index contributed by atoms with van der Waals surface area (Å²) in [6.45, 7) is 4.97. The molecule has 8 heterocycles. The number of carboxylic acid groups (broad SMARTS) is 1. The fourth-order valence-corrected chi connectivity index (χ4v) is 14.5. The molecule has 26 nitrogen and oxygen atoms in total. The van der Waals surface area contributed by atoms with E-state index in [2.05, 4.69) is 17.1 Å². The highest BCUT2D eigenvalue weighted by Crippen LogP contribution is 2.45. The second kappa shape index (κ2) is 31.2. The van der Waals surface area contributed by atoms with Crippen molar-refractivity contribution in [2.45, 2.75) is 103 Å². The third-order valence-corrected chi connectivity index (χ3v) is 20.0. The van der Waals surface area contributed by atoms with Crippen molar-refractivity contribution in [3.05, 3.63) is 176 Å². The molecule has 107 heavy (non-hydrogen) atoms. The van der Waals surface area contributed by atoms with Crippen LogP contribution in [-0.2, 0) is 40.8 Å². The maximum atomic E-state index is 14.4. The lowest BCUT2D eigenvalue weighted by atomic mass is 10.1. The van der Waals surface area contributed by atoms with E-state index >= 15 is 0 Å². The number of nitrogens with zero attached hydrogens (tertiary/aromatic N) is 8. The number of hydrogen-bond acceptors (Lipinski definition) is 21. The summed E-state index contributed by atoms with van der Waals surface area (Å²) in [7, 11) is 7.28. The molecule has 14 rings (SSSR count). The predicted molar refractivity (Wildman–Crippen MR) is 396 cm³/mol. The number of carbonyl (C=O) groups excluding carboxylic acids is 5. The molecule has 26 heteroatoms. The molecule has 4 fully saturated rings. The molecule has 4 saturated heterocycles. The van der Waals surface area contributed by atoms with E-state index in [-0.39, 0.29) is 86.6 Å². The van der Waals surface area contributed by atoms with E-state index in [1.54, 1.807) is 103 Å². The monoisotopic (exact) mass is 1450 g/mol. The van der Waals surface area contributed by atoms with Crippen molar-refractivity contribution in [2.75, 3.05) is 74.9 Å². The van der Waals surface area contributed by atoms with Gasteiger partial charge in [-0.1, -0.05) is 46.6 Å². The van der Waals surface area contributed by atoms with Crippen molar-refractivity contribution < 1.29 is 86.0 Å². The summed E-state index contributed by atoms with van der Waals surface area (Å²) in [5.41, 5.74) is 10.5. The maximum Gasteiger partial charge on any atom is 0.343 e. The Morgan fingerprint density at radius 1 is 0.393 bits per heavy atom. The normalized spacial score (nSPS) is 20.1. The topological polar surface area (TPSA) is 287 Å². The SMILES string of the molecule is C/C=C1\C[C@H]2C=Nc3cc(OCc4cc(COc5cc6c(cc5OC)C(=O)N5C/C(=C/CC/C=C7\CC8C=Nc9cc(OCc%10cc(COc%11cc%12c(cc%11OC)C(=O)N%11C/C(=C/C)C[C@H]%11C=N%12)cc(OCC(=O)OC)c%10)c(OC)cc9C(=O)N8C7)C[C@H]5C=N6)cc(OCC(=O)O)c4)c(OC)cc3C(=O)N2C1. The summed E-state index contributed by atoms with van der Waals surface area (Å²) in [5.74, 6) is 0.993. The van der Waals surface area contributed by atoms with Crippen LogP contribution in [0.3, 0.4) is 0 Å². The molecule has 0 aliphatic carbocycles. The van der Waals surface area contributed by atoms with Gasteiger partial charge in [-0.25, -0.2) is 9.59 Å². The van der Waals surface area contributed by atoms with Crippen LogP contribution in [0.4, 0.5) is 22.7 Å². The Balaban J connectivity index is 0.589. The lowest BCUT2D eigenvalue weighted by Crippen LogP contribution is -2.35. The number of aliphatic carboxylic acids is 1. The van der Waals surface area contributed by atoms with Crippen LogP contribution in [-0.4, -0.2) is 184 Å². The lowest BCUT2D eigenvalue weighted by Gasteiger charge is -2.20. The Kier molecular flexibility index (Phi) is 20.9. The number of carboxylic acids is 1. The van der Waals surface area contributed by atoms with E-state index in [1.807, 2.05) is 52.8 Å². The largest absolute Gasteiger partial charge is 0.493 e. The Morgan fingerprint density at radius 2 is 0.682 bits per heavy atom. The van der Waals surface area contributed by atoms with Gasteiger partial charge < -0.3 is 76.8 Å². The molecule has 4 amide bonds. The fraction of sp³-hybridized carbons (Fsp3) is 0.333. The molecular weight excluding hydrogens is 1370 g/mol. The Bertz CT molecular complexity index is 4860. The number of methoxy groups -OCH3 is 5. The van der Waals surface area contributed by atoms with Crippen LogP contribution in [0.2, 0.25) is 0 Å². The van der Waals surface area contributed by atoms with Gasteiger partial charge in [0.1, 0.15) is 37.9 Å². The van der Waals surface area contributed by atoms with Gasteiger partial charge in [-0.3, -0.25) is 39.1 Å². The number of ether oxygens (including phenoxy) is 11. The molecule has 0 spiro atoms. The highest BCUT2D eigenvalue weighted by atomic mass is 16.6. The molecule has 0 aromatic heterocycles. The van der Waals surface area contributed by atoms with Gasteiger partial charge in [0.05, 0.1) is 105 Å². The van der Waals surface area contributed by atoms with Gasteiger partial charge >= 0.3 is 11.9 Å². The number of carbonyl (C=O) groups is 6. The molecule has 1 unspecified atom stereocenters. The lowest BCUT2D eigenvalue weighted by molar-refractivity contribution is -0.143. The van der Waals surface area contributed by atoms with Gasteiger partial charge in [-0.05, 0) is 135 Å². The van der Waals surface area contributed by atoms with E-state index in [1.165, 1.54) is 46.7 Å². The molecule has 1 N–H and O–H groups in total. The molecule has 8 aliphatic rings. The zero-order chi connectivity index (χ0) is 74.6. The predicted octanol–water partition coefficient (Wildman–Crippen LogP) is 12.0. The summed E-state index contributed by atoms with van der Waals surface area (Å²) in [6, 6.07) is 23.0. The van der Waals surface area contributed by atoms with Crippen LogP contribution >= 0.6 is 0 Å². The average molecular weight is 1450 g/mol. The highest BCUT2D eigenvalue weighted by Gasteiger charge is 2.40. The molecule has 6 aromatic rings. The van der Waals surface area contributed by atoms with Gasteiger partial charge in [0.25, 0.3) is 23.6 Å². The van der Waals surface area contributed by atoms with Crippen molar-refractivity contribution in [3.8, 4) is 57.5 Å². The number of rotatable bonds is 25. The summed E-state index contributed by atoms with van der Waals surface area (Å²) in [5, 5.41) is 9.49. The zero-order valence-corrected chi connectivity index (χ0v) is 60.3. The van der Waals surface area contributed by atoms with Crippen LogP contribution in [0.25, 0.3) is 0 Å². The highest BCUT2D eigenvalue weighted by molar-refractivity contribution is 6.07. The molecule has 8 aliphatic heterocycles. The minimum atomic E-state index is -1.15. The molecule has 0 saturated carbocycles. The number of allylic oxidation sites excluding steroid dienone is 4. The van der Waals surface area contributed by atoms with Crippen LogP contribution in [0.5, 0.6) is 57.5 Å². The first-order chi connectivity index (χ1) is 52.0. The minimum Gasteiger partial charge on any atom is -0.493 e. The van der Waals surface area contributed by atoms with Crippen LogP contribution in [0, 0.1) is 0 Å². The molecule has 0 bridgehead atoms. The standard InChI is InChI=1S/C81H80N8O18/c1-8-46-16-54-32-82-64-28-72(68(97-3)24-60(64)78(93)86(54)36-46)104-40-50-14-51(21-58(20-50)102-44-76(90)91)41-105-74-30-66-62(26-70(74)99-5)80(95)88-38-48(18-56(88)34-84-66)12-10-11-13-49-19-57-35-85-67-31-75(71(100-6)27-63(67)81(96)89(57)39-49)107-43-53-15-52(22-59(23-53)103-45-77(92)101-7)42-106-73-29-65-61(25-69(73)98-4)79(94)87-37-47(9-2)17-55(87)33-83-65/h8-9,12-15,20-35,54-57H,10-11,16-19,36-45H2,1-7H3,(H,90,91)/b46-8+,47-9+,48-12+,49-13+/t54-,55-,56-,57?/m0/s1. The Labute approximate surface area is 617 Å². The zero-order valence-electron chi connectivity index (χ0n) is 60.3. The number of hydrogen-bond donors (Lipinski definition) is 1. The smallest absolute Gasteiger partial charge is 0.343 e. The first kappa shape index (κ1) is 71.8. The number of esters is 1. The van der Waals surface area contributed by atoms with Crippen molar-refractivity contribution in [3.63, 3.8) is 0 Å². The fourth-order valence-electron chi connectivity index (χ4n) is 14.5. The van der Waals surface area contributed by atoms with E-state index < -0.39 is 18.5 Å². The Hall–Kier alpha value is -12.2. The van der Waals surface area contributed by atoms with Gasteiger partial charge in [-0.15, -0.1) is 0 Å². The van der Waals surface area contributed by atoms with E-state index in [9.17, 15) is 33.9 Å². The van der Waals surface area contributed by atoms with Crippen LogP contribution in [0.15, 0.2) is 151 Å². The second-order valence-corrected chi connectivity index (χ2v) is 26.9. The summed E-state index contributed by atoms with van der Waals surface area (Å²) >= 11 is 0. The number of unbranched alkanes of at least 4 members (excludes halogenated alkanes) is 1. The van der Waals surface area contributed by atoms with Crippen molar-refractivity contribution in [1.29, 1.82) is 0 Å². The third-order valence-electron chi connectivity index (χ3n) is 20.0. The van der Waals surface area contributed by atoms with Crippen molar-refractivity contribution >= 4 is 83.2 Å². The minimum absolute atomic E-state index is 0.00422. The van der Waals surface area contributed by atoms with Gasteiger partial charge in [0.2, 0.25) is 0 Å². The second-order valence-electron chi connectivity index (χ2n) is 26.9. The van der Waals surface area contributed by atoms with Crippen molar-refractivity contribution in [2.24, 2.45) is 20.0 Å². The molecule has 4 atom stereocenters. The maximum absolute atomic E-state index is 14.4. The first-order valence-electron chi connectivity index (χ1n) is 35.2. The van der Waals surface area contributed by atoms with E-state index in [4.69, 9.17) is 67.1 Å². The molecule has 552 valence electrons. The number of amides is 4. The third kappa shape index (κ3) is 15.4. The number of fused-ring (bicyclic) bond motifs is 8. The first-order valence-corrected chi connectivity index (χ1v) is 35.2. The Morgan fingerprint density at radius 3 is 0.963 bits per heavy atom. The molecule has 6 aromatic carbocycles. The molecular formula is C81H80N8O18.